The van der Waals surface area contributed by atoms with E-state index in [9.17, 15) is 4.79 Å². The molecule has 180 valence electrons. The number of rotatable bonds is 10. The first-order chi connectivity index (χ1) is 16.4. The normalized spacial score (nSPS) is 13.5. The number of unbranched alkanes of at least 4 members (excludes halogenated alkanes) is 1. The lowest BCUT2D eigenvalue weighted by Crippen LogP contribution is -2.47. The number of benzene rings is 1. The number of hydrogen-bond acceptors (Lipinski definition) is 6. The third-order valence-corrected chi connectivity index (χ3v) is 6.09. The minimum atomic E-state index is -0.157. The number of amides is 2. The van der Waals surface area contributed by atoms with Crippen molar-refractivity contribution in [2.45, 2.75) is 39.0 Å². The van der Waals surface area contributed by atoms with Gasteiger partial charge in [0, 0.05) is 25.1 Å². The third-order valence-electron chi connectivity index (χ3n) is 5.61. The number of methoxy groups -OCH3 is 1. The summed E-state index contributed by atoms with van der Waals surface area (Å²) in [5, 5.41) is 4.84. The molecule has 0 saturated carbocycles. The second kappa shape index (κ2) is 10.5. The molecule has 3 heterocycles. The molecule has 0 saturated heterocycles. The summed E-state index contributed by atoms with van der Waals surface area (Å²) in [6, 6.07) is 5.36. The van der Waals surface area contributed by atoms with Gasteiger partial charge in [0.25, 0.3) is 0 Å². The van der Waals surface area contributed by atoms with Gasteiger partial charge in [0.05, 0.1) is 24.3 Å². The average molecular weight is 505 g/mol. The SMILES string of the molecule is C=C1c2[nH]c(Cl)nc2N(CCCC)C(=O)N1CCCc1noc(Cc2cccc(Cl)c2OC)n1. The van der Waals surface area contributed by atoms with Gasteiger partial charge in [-0.25, -0.2) is 4.79 Å². The summed E-state index contributed by atoms with van der Waals surface area (Å²) >= 11 is 12.3. The summed E-state index contributed by atoms with van der Waals surface area (Å²) < 4.78 is 10.8. The lowest BCUT2D eigenvalue weighted by atomic mass is 10.1. The maximum atomic E-state index is 13.2. The summed E-state index contributed by atoms with van der Waals surface area (Å²) in [6.45, 7) is 7.18. The number of nitrogens with zero attached hydrogens (tertiary/aromatic N) is 5. The van der Waals surface area contributed by atoms with Crippen LogP contribution in [0, 0.1) is 0 Å². The van der Waals surface area contributed by atoms with Crippen LogP contribution in [0.3, 0.4) is 0 Å². The fourth-order valence-electron chi connectivity index (χ4n) is 3.91. The highest BCUT2D eigenvalue weighted by atomic mass is 35.5. The Bertz CT molecular complexity index is 1190. The number of halogens is 2. The smallest absolute Gasteiger partial charge is 0.330 e. The largest absolute Gasteiger partial charge is 0.495 e. The van der Waals surface area contributed by atoms with Crippen LogP contribution >= 0.6 is 23.2 Å². The van der Waals surface area contributed by atoms with Crippen LogP contribution in [0.1, 0.15) is 49.2 Å². The molecule has 0 fully saturated rings. The van der Waals surface area contributed by atoms with Gasteiger partial charge in [-0.1, -0.05) is 48.8 Å². The molecule has 11 heteroatoms. The van der Waals surface area contributed by atoms with Crippen LogP contribution in [0.25, 0.3) is 5.70 Å². The predicted molar refractivity (Wildman–Crippen MR) is 130 cm³/mol. The Kier molecular flexibility index (Phi) is 7.43. The Morgan fingerprint density at radius 1 is 1.18 bits per heavy atom. The molecule has 0 spiro atoms. The zero-order chi connectivity index (χ0) is 24.2. The maximum absolute atomic E-state index is 13.2. The van der Waals surface area contributed by atoms with Crippen molar-refractivity contribution in [1.82, 2.24) is 25.0 Å². The van der Waals surface area contributed by atoms with Crippen LogP contribution in [-0.2, 0) is 12.8 Å². The summed E-state index contributed by atoms with van der Waals surface area (Å²) in [4.78, 5) is 28.2. The van der Waals surface area contributed by atoms with Gasteiger partial charge < -0.3 is 14.2 Å². The molecule has 9 nitrogen and oxygen atoms in total. The van der Waals surface area contributed by atoms with Crippen LogP contribution in [0.4, 0.5) is 10.6 Å². The van der Waals surface area contributed by atoms with Crippen molar-refractivity contribution in [2.75, 3.05) is 25.1 Å². The van der Waals surface area contributed by atoms with E-state index < -0.39 is 0 Å². The van der Waals surface area contributed by atoms with Crippen molar-refractivity contribution in [3.8, 4) is 5.75 Å². The lowest BCUT2D eigenvalue weighted by Gasteiger charge is -2.35. The van der Waals surface area contributed by atoms with Crippen molar-refractivity contribution in [3.63, 3.8) is 0 Å². The number of carbonyl (C=O) groups is 1. The van der Waals surface area contributed by atoms with Crippen LogP contribution < -0.4 is 9.64 Å². The van der Waals surface area contributed by atoms with E-state index in [0.29, 0.717) is 72.0 Å². The van der Waals surface area contributed by atoms with Gasteiger partial charge in [-0.15, -0.1) is 0 Å². The zero-order valence-electron chi connectivity index (χ0n) is 19.1. The fourth-order valence-corrected chi connectivity index (χ4v) is 4.36. The third kappa shape index (κ3) is 4.90. The first-order valence-electron chi connectivity index (χ1n) is 11.1. The van der Waals surface area contributed by atoms with Crippen molar-refractivity contribution in [2.24, 2.45) is 0 Å². The van der Waals surface area contributed by atoms with Crippen LogP contribution in [0.5, 0.6) is 5.75 Å². The molecule has 3 aromatic rings. The van der Waals surface area contributed by atoms with Gasteiger partial charge in [0.15, 0.2) is 11.6 Å². The quantitative estimate of drug-likeness (QED) is 0.399. The Labute approximate surface area is 207 Å². The molecule has 0 atom stereocenters. The number of aryl methyl sites for hydroxylation is 1. The number of aromatic nitrogens is 4. The Balaban J connectivity index is 1.40. The van der Waals surface area contributed by atoms with Gasteiger partial charge in [0.2, 0.25) is 11.2 Å². The summed E-state index contributed by atoms with van der Waals surface area (Å²) in [5.41, 5.74) is 2.08. The van der Waals surface area contributed by atoms with Crippen LogP contribution in [-0.4, -0.2) is 51.2 Å². The first-order valence-corrected chi connectivity index (χ1v) is 11.8. The Morgan fingerprint density at radius 2 is 1.97 bits per heavy atom. The van der Waals surface area contributed by atoms with Gasteiger partial charge in [-0.2, -0.15) is 9.97 Å². The number of fused-ring (bicyclic) bond motifs is 1. The van der Waals surface area contributed by atoms with Gasteiger partial charge in [0.1, 0.15) is 11.4 Å². The summed E-state index contributed by atoms with van der Waals surface area (Å²) in [7, 11) is 1.57. The number of H-pyrrole nitrogens is 1. The number of para-hydroxylation sites is 1. The molecular weight excluding hydrogens is 479 g/mol. The van der Waals surface area contributed by atoms with E-state index in [1.54, 1.807) is 23.0 Å². The minimum absolute atomic E-state index is 0.157. The molecule has 0 bridgehead atoms. The van der Waals surface area contributed by atoms with Crippen molar-refractivity contribution in [1.29, 1.82) is 0 Å². The second-order valence-corrected chi connectivity index (χ2v) is 8.69. The van der Waals surface area contributed by atoms with Gasteiger partial charge in [-0.3, -0.25) is 9.80 Å². The van der Waals surface area contributed by atoms with Crippen molar-refractivity contribution in [3.05, 3.63) is 58.1 Å². The summed E-state index contributed by atoms with van der Waals surface area (Å²) in [5.74, 6) is 2.16. The molecular formula is C23H26Cl2N6O3. The Morgan fingerprint density at radius 3 is 2.74 bits per heavy atom. The lowest BCUT2D eigenvalue weighted by molar-refractivity contribution is 0.222. The molecule has 0 unspecified atom stereocenters. The van der Waals surface area contributed by atoms with E-state index in [1.165, 1.54) is 0 Å². The number of urea groups is 1. The van der Waals surface area contributed by atoms with E-state index in [4.69, 9.17) is 32.5 Å². The predicted octanol–water partition coefficient (Wildman–Crippen LogP) is 5.34. The van der Waals surface area contributed by atoms with E-state index in [-0.39, 0.29) is 11.3 Å². The molecule has 1 N–H and O–H groups in total. The first kappa shape index (κ1) is 24.1. The average Bonchev–Trinajstić information content (AvgIpc) is 3.42. The molecule has 4 rings (SSSR count). The number of anilines is 1. The summed E-state index contributed by atoms with van der Waals surface area (Å²) in [6.07, 6.45) is 3.40. The second-order valence-electron chi connectivity index (χ2n) is 7.93. The van der Waals surface area contributed by atoms with E-state index in [1.807, 2.05) is 12.1 Å². The fraction of sp³-hybridized carbons (Fsp3) is 0.391. The molecule has 34 heavy (non-hydrogen) atoms. The molecule has 2 aromatic heterocycles. The standard InChI is InChI=1S/C23H26Cl2N6O3/c1-4-5-11-31-21-19(27-22(25)28-21)14(2)30(23(31)32)12-7-10-17-26-18(34-29-17)13-15-8-6-9-16(24)20(15)33-3/h6,8-9H,2,4-5,7,10-13H2,1,3H3,(H,27,28). The van der Waals surface area contributed by atoms with E-state index in [0.717, 1.165) is 18.4 Å². The Hall–Kier alpha value is -3.04. The number of hydrogen-bond donors (Lipinski definition) is 1. The molecule has 1 aliphatic rings. The number of carbonyl (C=O) groups excluding carboxylic acids is 1. The van der Waals surface area contributed by atoms with Gasteiger partial charge >= 0.3 is 6.03 Å². The van der Waals surface area contributed by atoms with Crippen molar-refractivity contribution < 1.29 is 14.1 Å². The highest BCUT2D eigenvalue weighted by molar-refractivity contribution is 6.32. The topological polar surface area (TPSA) is 100 Å². The van der Waals surface area contributed by atoms with Crippen LogP contribution in [0.2, 0.25) is 10.3 Å². The van der Waals surface area contributed by atoms with Crippen molar-refractivity contribution >= 4 is 40.7 Å². The number of aromatic amines is 1. The number of nitrogens with one attached hydrogen (secondary N) is 1. The number of ether oxygens (including phenoxy) is 1. The van der Waals surface area contributed by atoms with Crippen LogP contribution in [0.15, 0.2) is 29.3 Å². The highest BCUT2D eigenvalue weighted by Gasteiger charge is 2.35. The highest BCUT2D eigenvalue weighted by Crippen LogP contribution is 2.35. The molecule has 2 amide bonds. The number of imidazole rings is 1. The monoisotopic (exact) mass is 504 g/mol. The molecule has 0 aliphatic carbocycles. The molecule has 1 aliphatic heterocycles. The van der Waals surface area contributed by atoms with Gasteiger partial charge in [-0.05, 0) is 30.5 Å². The van der Waals surface area contributed by atoms with E-state index >= 15 is 0 Å². The molecule has 1 aromatic carbocycles. The zero-order valence-corrected chi connectivity index (χ0v) is 20.6. The molecule has 0 radical (unpaired) electrons. The minimum Gasteiger partial charge on any atom is -0.495 e. The van der Waals surface area contributed by atoms with E-state index in [2.05, 4.69) is 33.6 Å². The maximum Gasteiger partial charge on any atom is 0.330 e.